The highest BCUT2D eigenvalue weighted by Gasteiger charge is 2.11. The van der Waals surface area contributed by atoms with Gasteiger partial charge < -0.3 is 16.2 Å². The molecule has 0 heterocycles. The largest absolute Gasteiger partial charge is 0.512 e. The molecule has 104 valence electrons. The molecule has 0 saturated heterocycles. The van der Waals surface area contributed by atoms with Crippen LogP contribution in [0.15, 0.2) is 46.7 Å². The van der Waals surface area contributed by atoms with Crippen molar-refractivity contribution in [2.24, 2.45) is 10.7 Å². The lowest BCUT2D eigenvalue weighted by Crippen LogP contribution is -2.20. The van der Waals surface area contributed by atoms with E-state index in [0.717, 1.165) is 6.21 Å². The molecule has 0 unspecified atom stereocenters. The molecule has 0 saturated carbocycles. The SMILES string of the molecule is C/C(O)=C(\C=NC(=S)C(N)=S)C(=O)Nc1ccccc1. The molecule has 0 radical (unpaired) electrons. The molecule has 0 aromatic heterocycles. The van der Waals surface area contributed by atoms with Crippen LogP contribution in [0.5, 0.6) is 0 Å². The van der Waals surface area contributed by atoms with Gasteiger partial charge >= 0.3 is 0 Å². The molecule has 7 heteroatoms. The molecular weight excluding hydrogens is 294 g/mol. The number of para-hydroxylation sites is 1. The van der Waals surface area contributed by atoms with Gasteiger partial charge in [0.1, 0.15) is 10.7 Å². The van der Waals surface area contributed by atoms with Gasteiger partial charge in [0.05, 0.1) is 5.57 Å². The molecule has 0 atom stereocenters. The highest BCUT2D eigenvalue weighted by Crippen LogP contribution is 2.08. The van der Waals surface area contributed by atoms with E-state index in [1.165, 1.54) is 6.92 Å². The number of carbonyl (C=O) groups is 1. The third-order valence-electron chi connectivity index (χ3n) is 2.19. The number of thiocarbonyl (C=S) groups is 2. The monoisotopic (exact) mass is 307 g/mol. The Labute approximate surface area is 127 Å². The van der Waals surface area contributed by atoms with Crippen molar-refractivity contribution in [2.45, 2.75) is 6.92 Å². The first-order valence-corrected chi connectivity index (χ1v) is 6.37. The van der Waals surface area contributed by atoms with Crippen molar-refractivity contribution in [3.05, 3.63) is 41.7 Å². The number of aliphatic imine (C=N–C) groups is 1. The Morgan fingerprint density at radius 3 is 2.45 bits per heavy atom. The Hall–Kier alpha value is -2.12. The zero-order valence-electron chi connectivity index (χ0n) is 10.7. The fourth-order valence-corrected chi connectivity index (χ4v) is 1.33. The Morgan fingerprint density at radius 2 is 1.95 bits per heavy atom. The van der Waals surface area contributed by atoms with E-state index in [0.29, 0.717) is 5.69 Å². The summed E-state index contributed by atoms with van der Waals surface area (Å²) in [4.78, 5) is 15.7. The lowest BCUT2D eigenvalue weighted by Gasteiger charge is -2.06. The topological polar surface area (TPSA) is 87.7 Å². The number of benzene rings is 1. The molecule has 1 rings (SSSR count). The highest BCUT2D eigenvalue weighted by atomic mass is 32.1. The quantitative estimate of drug-likeness (QED) is 0.345. The molecular formula is C13H13N3O2S2. The molecule has 0 aliphatic carbocycles. The third kappa shape index (κ3) is 4.87. The number of anilines is 1. The van der Waals surface area contributed by atoms with E-state index >= 15 is 0 Å². The Morgan fingerprint density at radius 1 is 1.35 bits per heavy atom. The summed E-state index contributed by atoms with van der Waals surface area (Å²) in [6, 6.07) is 8.82. The van der Waals surface area contributed by atoms with Gasteiger partial charge in [-0.25, -0.2) is 4.99 Å². The molecule has 0 aliphatic rings. The number of amides is 1. The normalized spacial score (nSPS) is 11.8. The van der Waals surface area contributed by atoms with Gasteiger partial charge in [-0.3, -0.25) is 4.79 Å². The summed E-state index contributed by atoms with van der Waals surface area (Å²) in [5, 5.41) is 12.2. The van der Waals surface area contributed by atoms with Crippen molar-refractivity contribution < 1.29 is 9.90 Å². The summed E-state index contributed by atoms with van der Waals surface area (Å²) in [6.07, 6.45) is 1.13. The number of allylic oxidation sites excluding steroid dienone is 1. The van der Waals surface area contributed by atoms with E-state index < -0.39 is 5.91 Å². The van der Waals surface area contributed by atoms with Gasteiger partial charge in [0.15, 0.2) is 4.99 Å². The molecule has 0 spiro atoms. The lowest BCUT2D eigenvalue weighted by molar-refractivity contribution is -0.112. The summed E-state index contributed by atoms with van der Waals surface area (Å²) in [6.45, 7) is 1.37. The number of hydrogen-bond acceptors (Lipinski definition) is 4. The van der Waals surface area contributed by atoms with Crippen molar-refractivity contribution in [3.8, 4) is 0 Å². The van der Waals surface area contributed by atoms with Crippen LogP contribution in [0.4, 0.5) is 5.69 Å². The summed E-state index contributed by atoms with van der Waals surface area (Å²) in [5.74, 6) is -0.696. The first-order chi connectivity index (χ1) is 9.41. The summed E-state index contributed by atoms with van der Waals surface area (Å²) < 4.78 is 0. The summed E-state index contributed by atoms with van der Waals surface area (Å²) in [5.41, 5.74) is 5.87. The predicted molar refractivity (Wildman–Crippen MR) is 88.3 cm³/mol. The Bertz CT molecular complexity index is 591. The number of nitrogens with zero attached hydrogens (tertiary/aromatic N) is 1. The molecule has 5 nitrogen and oxygen atoms in total. The average Bonchev–Trinajstić information content (AvgIpc) is 2.39. The van der Waals surface area contributed by atoms with Crippen LogP contribution >= 0.6 is 24.4 Å². The first-order valence-electron chi connectivity index (χ1n) is 5.56. The number of nitrogens with one attached hydrogen (secondary N) is 1. The summed E-state index contributed by atoms with van der Waals surface area (Å²) in [7, 11) is 0. The molecule has 0 aliphatic heterocycles. The average molecular weight is 307 g/mol. The second kappa shape index (κ2) is 7.46. The molecule has 4 N–H and O–H groups in total. The van der Waals surface area contributed by atoms with Crippen molar-refractivity contribution in [1.29, 1.82) is 0 Å². The number of carbonyl (C=O) groups excluding carboxylic acids is 1. The van der Waals surface area contributed by atoms with Crippen LogP contribution in [-0.2, 0) is 4.79 Å². The van der Waals surface area contributed by atoms with Gasteiger partial charge in [0.25, 0.3) is 5.91 Å². The minimum atomic E-state index is -0.509. The van der Waals surface area contributed by atoms with Gasteiger partial charge in [0.2, 0.25) is 0 Å². The number of aliphatic hydroxyl groups excluding tert-OH is 1. The zero-order valence-corrected chi connectivity index (χ0v) is 12.3. The van der Waals surface area contributed by atoms with Crippen LogP contribution in [-0.4, -0.2) is 27.2 Å². The van der Waals surface area contributed by atoms with E-state index in [-0.39, 0.29) is 21.3 Å². The minimum absolute atomic E-state index is 0.00809. The fraction of sp³-hybridized carbons (Fsp3) is 0.0769. The van der Waals surface area contributed by atoms with Gasteiger partial charge in [0, 0.05) is 11.9 Å². The van der Waals surface area contributed by atoms with E-state index in [9.17, 15) is 9.90 Å². The standard InChI is InChI=1S/C13H13N3O2S2/c1-8(17)10(7-15-13(20)11(14)19)12(18)16-9-5-3-2-4-6-9/h2-7,17H,1H3,(H2,14,19)(H,16,18)/b10-8-,15-7?. The number of hydrogen-bond donors (Lipinski definition) is 3. The molecule has 1 amide bonds. The Kier molecular flexibility index (Phi) is 5.95. The van der Waals surface area contributed by atoms with E-state index in [1.807, 2.05) is 6.07 Å². The molecule has 0 fully saturated rings. The van der Waals surface area contributed by atoms with E-state index in [4.69, 9.17) is 18.0 Å². The van der Waals surface area contributed by atoms with Crippen LogP contribution in [0.1, 0.15) is 6.92 Å². The van der Waals surface area contributed by atoms with Gasteiger partial charge in [-0.05, 0) is 19.1 Å². The second-order valence-electron chi connectivity index (χ2n) is 3.75. The van der Waals surface area contributed by atoms with Crippen LogP contribution in [0.3, 0.4) is 0 Å². The van der Waals surface area contributed by atoms with Gasteiger partial charge in [-0.2, -0.15) is 0 Å². The number of rotatable bonds is 3. The summed E-state index contributed by atoms with van der Waals surface area (Å²) >= 11 is 9.45. The maximum atomic E-state index is 12.0. The maximum Gasteiger partial charge on any atom is 0.260 e. The van der Waals surface area contributed by atoms with E-state index in [1.54, 1.807) is 24.3 Å². The lowest BCUT2D eigenvalue weighted by atomic mass is 10.2. The molecule has 1 aromatic carbocycles. The van der Waals surface area contributed by atoms with E-state index in [2.05, 4.69) is 22.5 Å². The number of nitrogens with two attached hydrogens (primary N) is 1. The van der Waals surface area contributed by atoms with Crippen molar-refractivity contribution in [1.82, 2.24) is 0 Å². The predicted octanol–water partition coefficient (Wildman–Crippen LogP) is 2.14. The molecule has 1 aromatic rings. The van der Waals surface area contributed by atoms with Crippen molar-refractivity contribution >= 4 is 52.2 Å². The third-order valence-corrected chi connectivity index (χ3v) is 2.84. The maximum absolute atomic E-state index is 12.0. The van der Waals surface area contributed by atoms with Crippen molar-refractivity contribution in [3.63, 3.8) is 0 Å². The highest BCUT2D eigenvalue weighted by molar-refractivity contribution is 7.89. The molecule has 20 heavy (non-hydrogen) atoms. The van der Waals surface area contributed by atoms with Crippen LogP contribution in [0.25, 0.3) is 0 Å². The second-order valence-corrected chi connectivity index (χ2v) is 4.57. The molecule has 0 bridgehead atoms. The van der Waals surface area contributed by atoms with Gasteiger partial charge in [-0.1, -0.05) is 42.6 Å². The number of aliphatic hydroxyl groups is 1. The first kappa shape index (κ1) is 15.9. The van der Waals surface area contributed by atoms with Crippen LogP contribution < -0.4 is 11.1 Å². The van der Waals surface area contributed by atoms with Crippen LogP contribution in [0.2, 0.25) is 0 Å². The minimum Gasteiger partial charge on any atom is -0.512 e. The fourth-order valence-electron chi connectivity index (χ4n) is 1.22. The van der Waals surface area contributed by atoms with Gasteiger partial charge in [-0.15, -0.1) is 0 Å². The zero-order chi connectivity index (χ0) is 15.1. The smallest absolute Gasteiger partial charge is 0.260 e. The van der Waals surface area contributed by atoms with Crippen molar-refractivity contribution in [2.75, 3.05) is 5.32 Å². The Balaban J connectivity index is 2.88. The van der Waals surface area contributed by atoms with Crippen LogP contribution in [0, 0.1) is 0 Å².